The largest absolute Gasteiger partial charge is 0.478 e. The van der Waals surface area contributed by atoms with Gasteiger partial charge in [-0.1, -0.05) is 24.3 Å². The van der Waals surface area contributed by atoms with E-state index < -0.39 is 15.8 Å². The first-order valence-corrected chi connectivity index (χ1v) is 6.36. The topological polar surface area (TPSA) is 71.4 Å². The molecule has 0 aliphatic rings. The Balaban J connectivity index is 3.02. The fourth-order valence-electron chi connectivity index (χ4n) is 1.16. The van der Waals surface area contributed by atoms with Crippen molar-refractivity contribution in [2.24, 2.45) is 0 Å². The van der Waals surface area contributed by atoms with Crippen molar-refractivity contribution in [3.63, 3.8) is 0 Å². The maximum atomic E-state index is 11.8. The van der Waals surface area contributed by atoms with Crippen molar-refractivity contribution in [1.29, 1.82) is 0 Å². The van der Waals surface area contributed by atoms with Crippen molar-refractivity contribution in [3.8, 4) is 0 Å². The Hall–Kier alpha value is -1.88. The SMILES string of the molecule is CC(/C=C/C(=O)O)=C\S(=O)(=O)c1ccccc1. The van der Waals surface area contributed by atoms with Gasteiger partial charge >= 0.3 is 5.97 Å². The molecule has 0 unspecified atom stereocenters. The Labute approximate surface area is 99.8 Å². The minimum Gasteiger partial charge on any atom is -0.478 e. The number of sulfone groups is 1. The maximum absolute atomic E-state index is 11.8. The molecule has 0 aliphatic carbocycles. The highest BCUT2D eigenvalue weighted by Crippen LogP contribution is 2.13. The van der Waals surface area contributed by atoms with Crippen LogP contribution in [0.4, 0.5) is 0 Å². The number of allylic oxidation sites excluding steroid dienone is 2. The number of carboxylic acid groups (broad SMARTS) is 1. The van der Waals surface area contributed by atoms with E-state index in [2.05, 4.69) is 0 Å². The summed E-state index contributed by atoms with van der Waals surface area (Å²) in [5.74, 6) is -1.12. The molecule has 0 heterocycles. The fourth-order valence-corrected chi connectivity index (χ4v) is 2.41. The van der Waals surface area contributed by atoms with Gasteiger partial charge < -0.3 is 5.11 Å². The van der Waals surface area contributed by atoms with Crippen LogP contribution >= 0.6 is 0 Å². The lowest BCUT2D eigenvalue weighted by Crippen LogP contribution is -1.96. The summed E-state index contributed by atoms with van der Waals surface area (Å²) in [6.07, 6.45) is 2.13. The molecule has 0 fully saturated rings. The molecule has 0 aromatic heterocycles. The van der Waals surface area contributed by atoms with Crippen molar-refractivity contribution in [2.45, 2.75) is 11.8 Å². The minimum atomic E-state index is -3.51. The van der Waals surface area contributed by atoms with Crippen LogP contribution in [0.1, 0.15) is 6.92 Å². The highest BCUT2D eigenvalue weighted by Gasteiger charge is 2.09. The fraction of sp³-hybridized carbons (Fsp3) is 0.0833. The molecule has 1 aromatic carbocycles. The second-order valence-corrected chi connectivity index (χ2v) is 5.19. The van der Waals surface area contributed by atoms with Crippen LogP contribution in [0.25, 0.3) is 0 Å². The lowest BCUT2D eigenvalue weighted by atomic mass is 10.3. The first-order chi connectivity index (χ1) is 7.92. The quantitative estimate of drug-likeness (QED) is 0.657. The van der Waals surface area contributed by atoms with Crippen LogP contribution in [-0.4, -0.2) is 19.5 Å². The zero-order chi connectivity index (χ0) is 12.9. The predicted octanol–water partition coefficient (Wildman–Crippen LogP) is 2.00. The average Bonchev–Trinajstić information content (AvgIpc) is 2.27. The lowest BCUT2D eigenvalue weighted by Gasteiger charge is -1.99. The van der Waals surface area contributed by atoms with E-state index in [1.54, 1.807) is 18.2 Å². The minimum absolute atomic E-state index is 0.183. The van der Waals surface area contributed by atoms with Gasteiger partial charge in [0, 0.05) is 11.5 Å². The van der Waals surface area contributed by atoms with E-state index in [-0.39, 0.29) is 4.90 Å². The Morgan fingerprint density at radius 2 is 1.76 bits per heavy atom. The molecular weight excluding hydrogens is 240 g/mol. The third-order valence-electron chi connectivity index (χ3n) is 1.90. The van der Waals surface area contributed by atoms with E-state index in [1.165, 1.54) is 25.1 Å². The number of carbonyl (C=O) groups is 1. The van der Waals surface area contributed by atoms with Crippen molar-refractivity contribution < 1.29 is 18.3 Å². The van der Waals surface area contributed by atoms with E-state index in [1.807, 2.05) is 0 Å². The molecule has 0 spiro atoms. The van der Waals surface area contributed by atoms with Gasteiger partial charge in [0.2, 0.25) is 0 Å². The van der Waals surface area contributed by atoms with Crippen LogP contribution in [0, 0.1) is 0 Å². The van der Waals surface area contributed by atoms with Crippen molar-refractivity contribution in [2.75, 3.05) is 0 Å². The Kier molecular flexibility index (Phi) is 4.23. The maximum Gasteiger partial charge on any atom is 0.328 e. The Bertz CT molecular complexity index is 553. The Morgan fingerprint density at radius 3 is 2.29 bits per heavy atom. The van der Waals surface area contributed by atoms with Crippen LogP contribution < -0.4 is 0 Å². The molecule has 17 heavy (non-hydrogen) atoms. The summed E-state index contributed by atoms with van der Waals surface area (Å²) in [5.41, 5.74) is 0.358. The highest BCUT2D eigenvalue weighted by molar-refractivity contribution is 7.94. The molecule has 1 aromatic rings. The number of aliphatic carboxylic acids is 1. The zero-order valence-corrected chi connectivity index (χ0v) is 10.0. The molecule has 0 saturated heterocycles. The molecule has 1 rings (SSSR count). The van der Waals surface area contributed by atoms with Gasteiger partial charge in [0.15, 0.2) is 9.84 Å². The van der Waals surface area contributed by atoms with Crippen molar-refractivity contribution in [3.05, 3.63) is 53.5 Å². The standard InChI is InChI=1S/C12H12O4S/c1-10(7-8-12(13)14)9-17(15,16)11-5-3-2-4-6-11/h2-9H,1H3,(H,13,14)/b8-7+,10-9+. The number of rotatable bonds is 4. The molecule has 0 aliphatic heterocycles. The first-order valence-electron chi connectivity index (χ1n) is 4.81. The number of hydrogen-bond acceptors (Lipinski definition) is 3. The summed E-state index contributed by atoms with van der Waals surface area (Å²) < 4.78 is 23.7. The third kappa shape index (κ3) is 4.24. The van der Waals surface area contributed by atoms with Crippen LogP contribution in [-0.2, 0) is 14.6 Å². The smallest absolute Gasteiger partial charge is 0.328 e. The summed E-state index contributed by atoms with van der Waals surface area (Å²) in [6.45, 7) is 1.53. The van der Waals surface area contributed by atoms with Crippen LogP contribution in [0.5, 0.6) is 0 Å². The van der Waals surface area contributed by atoms with Gasteiger partial charge in [0.05, 0.1) is 4.90 Å². The van der Waals surface area contributed by atoms with E-state index in [0.717, 1.165) is 11.5 Å². The molecule has 0 atom stereocenters. The molecule has 4 nitrogen and oxygen atoms in total. The van der Waals surface area contributed by atoms with Gasteiger partial charge in [0.25, 0.3) is 0 Å². The molecule has 0 saturated carbocycles. The molecule has 5 heteroatoms. The van der Waals surface area contributed by atoms with Crippen LogP contribution in [0.2, 0.25) is 0 Å². The van der Waals surface area contributed by atoms with Crippen LogP contribution in [0.3, 0.4) is 0 Å². The molecular formula is C12H12O4S. The van der Waals surface area contributed by atoms with Gasteiger partial charge in [-0.2, -0.15) is 0 Å². The Morgan fingerprint density at radius 1 is 1.18 bits per heavy atom. The summed E-state index contributed by atoms with van der Waals surface area (Å²) >= 11 is 0. The van der Waals surface area contributed by atoms with Gasteiger partial charge in [-0.05, 0) is 24.6 Å². The molecule has 90 valence electrons. The zero-order valence-electron chi connectivity index (χ0n) is 9.20. The number of carboxylic acids is 1. The van der Waals surface area contributed by atoms with Gasteiger partial charge in [-0.25, -0.2) is 13.2 Å². The van der Waals surface area contributed by atoms with Crippen molar-refractivity contribution in [1.82, 2.24) is 0 Å². The van der Waals surface area contributed by atoms with E-state index in [9.17, 15) is 13.2 Å². The number of benzene rings is 1. The summed E-state index contributed by atoms with van der Waals surface area (Å²) in [7, 11) is -3.51. The molecule has 0 amide bonds. The van der Waals surface area contributed by atoms with Gasteiger partial charge in [-0.3, -0.25) is 0 Å². The van der Waals surface area contributed by atoms with Gasteiger partial charge in [-0.15, -0.1) is 0 Å². The van der Waals surface area contributed by atoms with E-state index in [0.29, 0.717) is 5.57 Å². The second-order valence-electron chi connectivity index (χ2n) is 3.39. The molecule has 1 N–H and O–H groups in total. The van der Waals surface area contributed by atoms with Crippen molar-refractivity contribution >= 4 is 15.8 Å². The second kappa shape index (κ2) is 5.45. The average molecular weight is 252 g/mol. The summed E-state index contributed by atoms with van der Waals surface area (Å²) in [4.78, 5) is 10.5. The first kappa shape index (κ1) is 13.2. The third-order valence-corrected chi connectivity index (χ3v) is 3.51. The van der Waals surface area contributed by atoms with E-state index in [4.69, 9.17) is 5.11 Å². The monoisotopic (exact) mass is 252 g/mol. The molecule has 0 bridgehead atoms. The summed E-state index contributed by atoms with van der Waals surface area (Å²) in [5, 5.41) is 9.46. The predicted molar refractivity (Wildman–Crippen MR) is 64.2 cm³/mol. The molecule has 0 radical (unpaired) electrons. The summed E-state index contributed by atoms with van der Waals surface area (Å²) in [6, 6.07) is 7.95. The van der Waals surface area contributed by atoms with E-state index >= 15 is 0 Å². The van der Waals surface area contributed by atoms with Crippen LogP contribution in [0.15, 0.2) is 58.4 Å². The normalized spacial score (nSPS) is 12.9. The van der Waals surface area contributed by atoms with Gasteiger partial charge in [0.1, 0.15) is 0 Å². The highest BCUT2D eigenvalue weighted by atomic mass is 32.2. The lowest BCUT2D eigenvalue weighted by molar-refractivity contribution is -0.131. The number of hydrogen-bond donors (Lipinski definition) is 1.